The molecule has 0 bridgehead atoms. The van der Waals surface area contributed by atoms with Gasteiger partial charge in [-0.1, -0.05) is 35.5 Å². The Morgan fingerprint density at radius 1 is 1.20 bits per heavy atom. The third-order valence-corrected chi connectivity index (χ3v) is 3.36. The maximum atomic E-state index is 5.75. The van der Waals surface area contributed by atoms with Crippen LogP contribution in [-0.2, 0) is 6.54 Å². The summed E-state index contributed by atoms with van der Waals surface area (Å²) in [6, 6.07) is 14.0. The Morgan fingerprint density at radius 2 is 2.00 bits per heavy atom. The number of nitrogens with two attached hydrogens (primary N) is 1. The van der Waals surface area contributed by atoms with E-state index in [9.17, 15) is 0 Å². The molecule has 2 aromatic heterocycles. The number of hydrogen-bond acceptors (Lipinski definition) is 4. The van der Waals surface area contributed by atoms with Crippen LogP contribution < -0.4 is 5.73 Å². The molecule has 102 valence electrons. The van der Waals surface area contributed by atoms with E-state index in [-0.39, 0.29) is 6.04 Å². The fourth-order valence-corrected chi connectivity index (χ4v) is 2.28. The number of aromatic nitrogens is 3. The number of nitrogens with zero attached hydrogens (tertiary/aromatic N) is 3. The average Bonchev–Trinajstić information content (AvgIpc) is 3.15. The Bertz CT molecular complexity index is 673. The van der Waals surface area contributed by atoms with Crippen LogP contribution in [0.1, 0.15) is 24.2 Å². The molecule has 0 aliphatic carbocycles. The molecular formula is C15H16N4O. The summed E-state index contributed by atoms with van der Waals surface area (Å²) in [5, 5.41) is 8.41. The van der Waals surface area contributed by atoms with Crippen molar-refractivity contribution in [1.82, 2.24) is 15.0 Å². The van der Waals surface area contributed by atoms with Crippen molar-refractivity contribution in [3.63, 3.8) is 0 Å². The fraction of sp³-hybridized carbons (Fsp3) is 0.200. The van der Waals surface area contributed by atoms with Gasteiger partial charge < -0.3 is 10.2 Å². The molecule has 5 nitrogen and oxygen atoms in total. The highest BCUT2D eigenvalue weighted by atomic mass is 16.3. The molecule has 0 spiro atoms. The predicted octanol–water partition coefficient (Wildman–Crippen LogP) is 2.61. The minimum atomic E-state index is 0.0594. The fourth-order valence-electron chi connectivity index (χ4n) is 2.28. The molecule has 1 atom stereocenters. The summed E-state index contributed by atoms with van der Waals surface area (Å²) in [6.45, 7) is 2.41. The van der Waals surface area contributed by atoms with Crippen LogP contribution in [0.25, 0.3) is 11.5 Å². The molecular weight excluding hydrogens is 252 g/mol. The quantitative estimate of drug-likeness (QED) is 0.789. The van der Waals surface area contributed by atoms with E-state index >= 15 is 0 Å². The van der Waals surface area contributed by atoms with Crippen molar-refractivity contribution < 1.29 is 4.42 Å². The van der Waals surface area contributed by atoms with Crippen molar-refractivity contribution >= 4 is 0 Å². The maximum absolute atomic E-state index is 5.75. The Balaban J connectivity index is 2.09. The lowest BCUT2D eigenvalue weighted by molar-refractivity contribution is 0.526. The van der Waals surface area contributed by atoms with Gasteiger partial charge in [0.1, 0.15) is 11.4 Å². The van der Waals surface area contributed by atoms with E-state index in [0.29, 0.717) is 6.54 Å². The van der Waals surface area contributed by atoms with E-state index < -0.39 is 0 Å². The molecule has 0 fully saturated rings. The molecule has 0 aliphatic heterocycles. The van der Waals surface area contributed by atoms with E-state index in [2.05, 4.69) is 29.4 Å². The van der Waals surface area contributed by atoms with Gasteiger partial charge in [0.15, 0.2) is 5.76 Å². The predicted molar refractivity (Wildman–Crippen MR) is 75.9 cm³/mol. The van der Waals surface area contributed by atoms with Crippen molar-refractivity contribution in [3.05, 3.63) is 60.0 Å². The first-order valence-electron chi connectivity index (χ1n) is 6.54. The summed E-state index contributed by atoms with van der Waals surface area (Å²) in [5.41, 5.74) is 8.49. The number of rotatable bonds is 4. The lowest BCUT2D eigenvalue weighted by Crippen LogP contribution is -2.10. The third kappa shape index (κ3) is 2.12. The normalized spacial score (nSPS) is 12.5. The van der Waals surface area contributed by atoms with Crippen LogP contribution in [0.3, 0.4) is 0 Å². The Labute approximate surface area is 117 Å². The van der Waals surface area contributed by atoms with Crippen molar-refractivity contribution in [1.29, 1.82) is 0 Å². The van der Waals surface area contributed by atoms with Gasteiger partial charge in [0, 0.05) is 6.54 Å². The second kappa shape index (κ2) is 5.30. The molecule has 0 aliphatic rings. The van der Waals surface area contributed by atoms with Crippen molar-refractivity contribution in [2.75, 3.05) is 0 Å². The zero-order valence-electron chi connectivity index (χ0n) is 11.2. The largest absolute Gasteiger partial charge is 0.463 e. The summed E-state index contributed by atoms with van der Waals surface area (Å²) in [5.74, 6) is 0.734. The van der Waals surface area contributed by atoms with E-state index in [1.807, 2.05) is 35.0 Å². The second-order valence-electron chi connectivity index (χ2n) is 4.60. The molecule has 2 heterocycles. The monoisotopic (exact) mass is 268 g/mol. The first-order valence-corrected chi connectivity index (χ1v) is 6.54. The lowest BCUT2D eigenvalue weighted by atomic mass is 10.1. The molecule has 1 unspecified atom stereocenters. The first-order chi connectivity index (χ1) is 9.81. The van der Waals surface area contributed by atoms with Crippen LogP contribution in [0.5, 0.6) is 0 Å². The van der Waals surface area contributed by atoms with Crippen molar-refractivity contribution in [3.8, 4) is 11.5 Å². The Morgan fingerprint density at radius 3 is 2.65 bits per heavy atom. The van der Waals surface area contributed by atoms with Crippen LogP contribution >= 0.6 is 0 Å². The smallest absolute Gasteiger partial charge is 0.153 e. The van der Waals surface area contributed by atoms with Gasteiger partial charge in [0.05, 0.1) is 12.3 Å². The SMILES string of the molecule is CC(c1ccccc1)n1nnc(CN)c1-c1ccco1. The second-order valence-corrected chi connectivity index (χ2v) is 4.60. The molecule has 0 saturated heterocycles. The van der Waals surface area contributed by atoms with Crippen molar-refractivity contribution in [2.24, 2.45) is 5.73 Å². The van der Waals surface area contributed by atoms with E-state index in [1.54, 1.807) is 6.26 Å². The van der Waals surface area contributed by atoms with Crippen LogP contribution in [-0.4, -0.2) is 15.0 Å². The summed E-state index contributed by atoms with van der Waals surface area (Å²) in [4.78, 5) is 0. The van der Waals surface area contributed by atoms with Crippen molar-refractivity contribution in [2.45, 2.75) is 19.5 Å². The highest BCUT2D eigenvalue weighted by molar-refractivity contribution is 5.55. The van der Waals surface area contributed by atoms with Gasteiger partial charge >= 0.3 is 0 Å². The molecule has 3 rings (SSSR count). The van der Waals surface area contributed by atoms with E-state index in [1.165, 1.54) is 0 Å². The van der Waals surface area contributed by atoms with Gasteiger partial charge in [-0.15, -0.1) is 5.10 Å². The van der Waals surface area contributed by atoms with Crippen LogP contribution in [0.15, 0.2) is 53.1 Å². The number of furan rings is 1. The molecule has 0 saturated carbocycles. The highest BCUT2D eigenvalue weighted by Crippen LogP contribution is 2.28. The number of benzene rings is 1. The zero-order valence-corrected chi connectivity index (χ0v) is 11.2. The van der Waals surface area contributed by atoms with E-state index in [4.69, 9.17) is 10.2 Å². The summed E-state index contributed by atoms with van der Waals surface area (Å²) >= 11 is 0. The lowest BCUT2D eigenvalue weighted by Gasteiger charge is -2.14. The van der Waals surface area contributed by atoms with Gasteiger partial charge in [-0.3, -0.25) is 0 Å². The average molecular weight is 268 g/mol. The minimum absolute atomic E-state index is 0.0594. The van der Waals surface area contributed by atoms with Gasteiger partial charge in [-0.25, -0.2) is 4.68 Å². The van der Waals surface area contributed by atoms with Crippen LogP contribution in [0.4, 0.5) is 0 Å². The first kappa shape index (κ1) is 12.6. The van der Waals surface area contributed by atoms with E-state index in [0.717, 1.165) is 22.7 Å². The molecule has 3 aromatic rings. The summed E-state index contributed by atoms with van der Waals surface area (Å²) < 4.78 is 7.35. The minimum Gasteiger partial charge on any atom is -0.463 e. The van der Waals surface area contributed by atoms with Crippen LogP contribution in [0.2, 0.25) is 0 Å². The Hall–Kier alpha value is -2.40. The van der Waals surface area contributed by atoms with Crippen LogP contribution in [0, 0.1) is 0 Å². The molecule has 5 heteroatoms. The molecule has 20 heavy (non-hydrogen) atoms. The van der Waals surface area contributed by atoms with Gasteiger partial charge in [-0.2, -0.15) is 0 Å². The van der Waals surface area contributed by atoms with Gasteiger partial charge in [0.2, 0.25) is 0 Å². The van der Waals surface area contributed by atoms with Gasteiger partial charge in [-0.05, 0) is 24.6 Å². The zero-order chi connectivity index (χ0) is 13.9. The molecule has 0 amide bonds. The number of hydrogen-bond donors (Lipinski definition) is 1. The standard InChI is InChI=1S/C15H16N4O/c1-11(12-6-3-2-4-7-12)19-15(13(10-16)17-18-19)14-8-5-9-20-14/h2-9,11H,10,16H2,1H3. The Kier molecular flexibility index (Phi) is 3.35. The molecule has 2 N–H and O–H groups in total. The summed E-state index contributed by atoms with van der Waals surface area (Å²) in [7, 11) is 0. The topological polar surface area (TPSA) is 69.9 Å². The van der Waals surface area contributed by atoms with Gasteiger partial charge in [0.25, 0.3) is 0 Å². The highest BCUT2D eigenvalue weighted by Gasteiger charge is 2.20. The summed E-state index contributed by atoms with van der Waals surface area (Å²) in [6.07, 6.45) is 1.64. The molecule has 0 radical (unpaired) electrons. The molecule has 1 aromatic carbocycles. The third-order valence-electron chi connectivity index (χ3n) is 3.36. The maximum Gasteiger partial charge on any atom is 0.153 e.